The molecule has 0 heterocycles. The van der Waals surface area contributed by atoms with Gasteiger partial charge in [-0.25, -0.2) is 4.39 Å². The number of terminal acetylenes is 1. The molecule has 0 bridgehead atoms. The van der Waals surface area contributed by atoms with E-state index in [9.17, 15) is 4.39 Å². The van der Waals surface area contributed by atoms with Gasteiger partial charge in [0.2, 0.25) is 0 Å². The van der Waals surface area contributed by atoms with Crippen molar-refractivity contribution in [2.45, 2.75) is 6.42 Å². The van der Waals surface area contributed by atoms with E-state index in [4.69, 9.17) is 11.3 Å². The van der Waals surface area contributed by atoms with Gasteiger partial charge in [0.05, 0.1) is 0 Å². The molecule has 1 aromatic rings. The van der Waals surface area contributed by atoms with Crippen LogP contribution in [0.3, 0.4) is 0 Å². The van der Waals surface area contributed by atoms with Crippen LogP contribution in [0.4, 0.5) is 4.39 Å². The summed E-state index contributed by atoms with van der Waals surface area (Å²) in [4.78, 5) is 4.79. The van der Waals surface area contributed by atoms with Crippen molar-refractivity contribution in [3.63, 3.8) is 0 Å². The maximum atomic E-state index is 12.5. The second-order valence-corrected chi connectivity index (χ2v) is 2.50. The lowest BCUT2D eigenvalue weighted by molar-refractivity contribution is 0.152. The van der Waals surface area contributed by atoms with Crippen LogP contribution in [-0.4, -0.2) is 12.8 Å². The third-order valence-electron chi connectivity index (χ3n) is 1.42. The van der Waals surface area contributed by atoms with Crippen LogP contribution in [0.15, 0.2) is 29.4 Å². The molecule has 71 valence electrons. The van der Waals surface area contributed by atoms with Crippen LogP contribution >= 0.6 is 0 Å². The van der Waals surface area contributed by atoms with Gasteiger partial charge < -0.3 is 4.84 Å². The molecule has 0 atom stereocenters. The third kappa shape index (κ3) is 3.72. The molecular formula is C11H9FNO. The standard InChI is InChI=1S/C11H9FNO/c1-2-3-8-14-13-9-10-4-6-11(12)7-5-10/h1,4-7H,3,8H2. The van der Waals surface area contributed by atoms with Crippen LogP contribution in [0.5, 0.6) is 0 Å². The Morgan fingerprint density at radius 1 is 1.36 bits per heavy atom. The van der Waals surface area contributed by atoms with Crippen molar-refractivity contribution in [2.75, 3.05) is 6.61 Å². The average Bonchev–Trinajstić information content (AvgIpc) is 2.21. The molecule has 0 aromatic heterocycles. The lowest BCUT2D eigenvalue weighted by Crippen LogP contribution is -1.87. The highest BCUT2D eigenvalue weighted by Gasteiger charge is 1.90. The summed E-state index contributed by atoms with van der Waals surface area (Å²) in [6.07, 6.45) is 8.11. The second-order valence-electron chi connectivity index (χ2n) is 2.50. The smallest absolute Gasteiger partial charge is 0.139 e. The van der Waals surface area contributed by atoms with Crippen LogP contribution in [-0.2, 0) is 4.84 Å². The van der Waals surface area contributed by atoms with Crippen molar-refractivity contribution in [1.29, 1.82) is 0 Å². The van der Waals surface area contributed by atoms with E-state index in [0.29, 0.717) is 18.6 Å². The predicted octanol–water partition coefficient (Wildman–Crippen LogP) is 2.08. The molecule has 0 saturated heterocycles. The Hall–Kier alpha value is -1.82. The van der Waals surface area contributed by atoms with Gasteiger partial charge in [-0.3, -0.25) is 0 Å². The molecule has 0 unspecified atom stereocenters. The molecule has 0 fully saturated rings. The fourth-order valence-corrected chi connectivity index (χ4v) is 0.760. The number of nitrogens with zero attached hydrogens (tertiary/aromatic N) is 1. The monoisotopic (exact) mass is 190 g/mol. The number of benzene rings is 1. The van der Waals surface area contributed by atoms with Gasteiger partial charge >= 0.3 is 0 Å². The Morgan fingerprint density at radius 3 is 2.71 bits per heavy atom. The number of hydrogen-bond donors (Lipinski definition) is 0. The van der Waals surface area contributed by atoms with Gasteiger partial charge in [0.15, 0.2) is 0 Å². The molecule has 2 nitrogen and oxygen atoms in total. The van der Waals surface area contributed by atoms with Gasteiger partial charge in [-0.15, -0.1) is 12.3 Å². The van der Waals surface area contributed by atoms with Crippen LogP contribution in [0.2, 0.25) is 0 Å². The summed E-state index contributed by atoms with van der Waals surface area (Å²) < 4.78 is 12.5. The molecule has 1 rings (SSSR count). The van der Waals surface area contributed by atoms with Crippen molar-refractivity contribution in [1.82, 2.24) is 0 Å². The Balaban J connectivity index is 2.37. The first-order valence-corrected chi connectivity index (χ1v) is 4.10. The van der Waals surface area contributed by atoms with Gasteiger partial charge in [-0.1, -0.05) is 5.16 Å². The highest BCUT2D eigenvalue weighted by atomic mass is 19.1. The fraction of sp³-hybridized carbons (Fsp3) is 0.182. The van der Waals surface area contributed by atoms with Crippen molar-refractivity contribution in [3.05, 3.63) is 35.6 Å². The summed E-state index contributed by atoms with van der Waals surface area (Å²) in [6.45, 7) is 0.366. The van der Waals surface area contributed by atoms with E-state index < -0.39 is 0 Å². The van der Waals surface area contributed by atoms with Crippen LogP contribution in [0.25, 0.3) is 0 Å². The zero-order chi connectivity index (χ0) is 10.2. The lowest BCUT2D eigenvalue weighted by atomic mass is 10.2. The Bertz CT molecular complexity index is 337. The molecule has 0 aliphatic heterocycles. The Kier molecular flexibility index (Phi) is 4.22. The average molecular weight is 190 g/mol. The van der Waals surface area contributed by atoms with Gasteiger partial charge in [0.25, 0.3) is 0 Å². The zero-order valence-electron chi connectivity index (χ0n) is 7.53. The van der Waals surface area contributed by atoms with E-state index in [2.05, 4.69) is 17.3 Å². The van der Waals surface area contributed by atoms with Gasteiger partial charge in [0, 0.05) is 12.0 Å². The predicted molar refractivity (Wildman–Crippen MR) is 52.3 cm³/mol. The molecule has 0 aliphatic carbocycles. The van der Waals surface area contributed by atoms with Gasteiger partial charge in [-0.05, 0) is 24.3 Å². The molecule has 0 saturated carbocycles. The minimum Gasteiger partial charge on any atom is -0.394 e. The molecule has 1 radical (unpaired) electrons. The topological polar surface area (TPSA) is 21.6 Å². The minimum absolute atomic E-state index is 0.288. The van der Waals surface area contributed by atoms with Crippen molar-refractivity contribution >= 4 is 6.21 Å². The van der Waals surface area contributed by atoms with Crippen molar-refractivity contribution in [3.8, 4) is 12.3 Å². The lowest BCUT2D eigenvalue weighted by Gasteiger charge is -1.93. The molecule has 0 aliphatic rings. The number of halogens is 1. The summed E-state index contributed by atoms with van der Waals surface area (Å²) >= 11 is 0. The van der Waals surface area contributed by atoms with Gasteiger partial charge in [-0.2, -0.15) is 0 Å². The zero-order valence-corrected chi connectivity index (χ0v) is 7.53. The molecule has 0 spiro atoms. The maximum absolute atomic E-state index is 12.5. The second kappa shape index (κ2) is 5.76. The Labute approximate surface area is 82.4 Å². The third-order valence-corrected chi connectivity index (χ3v) is 1.42. The normalized spacial score (nSPS) is 10.0. The van der Waals surface area contributed by atoms with E-state index in [1.165, 1.54) is 12.1 Å². The molecule has 14 heavy (non-hydrogen) atoms. The molecule has 0 N–H and O–H groups in total. The summed E-state index contributed by atoms with van der Waals surface area (Å²) in [5.41, 5.74) is 0.659. The van der Waals surface area contributed by atoms with Crippen LogP contribution in [0.1, 0.15) is 12.0 Å². The van der Waals surface area contributed by atoms with Gasteiger partial charge in [0.1, 0.15) is 18.6 Å². The van der Waals surface area contributed by atoms with E-state index in [0.717, 1.165) is 0 Å². The summed E-state index contributed by atoms with van der Waals surface area (Å²) in [6, 6.07) is 5.78. The van der Waals surface area contributed by atoms with Crippen molar-refractivity contribution in [2.24, 2.45) is 5.16 Å². The highest BCUT2D eigenvalue weighted by molar-refractivity contribution is 5.78. The largest absolute Gasteiger partial charge is 0.394 e. The van der Waals surface area contributed by atoms with Crippen molar-refractivity contribution < 1.29 is 9.23 Å². The van der Waals surface area contributed by atoms with E-state index in [-0.39, 0.29) is 5.82 Å². The Morgan fingerprint density at radius 2 is 2.07 bits per heavy atom. The highest BCUT2D eigenvalue weighted by Crippen LogP contribution is 1.99. The van der Waals surface area contributed by atoms with Crippen LogP contribution in [0, 0.1) is 18.2 Å². The first-order chi connectivity index (χ1) is 6.83. The first-order valence-electron chi connectivity index (χ1n) is 4.10. The van der Waals surface area contributed by atoms with E-state index in [1.54, 1.807) is 12.1 Å². The quantitative estimate of drug-likeness (QED) is 0.308. The first kappa shape index (κ1) is 10.3. The van der Waals surface area contributed by atoms with Crippen LogP contribution < -0.4 is 0 Å². The summed E-state index contributed by atoms with van der Waals surface area (Å²) in [5, 5.41) is 3.54. The summed E-state index contributed by atoms with van der Waals surface area (Å²) in [7, 11) is 0. The minimum atomic E-state index is -0.288. The number of hydrogen-bond acceptors (Lipinski definition) is 2. The molecule has 3 heteroatoms. The maximum Gasteiger partial charge on any atom is 0.139 e. The SMILES string of the molecule is C#CCCON=[C]c1ccc(F)cc1. The molecular weight excluding hydrogens is 181 g/mol. The summed E-state index contributed by atoms with van der Waals surface area (Å²) in [5.74, 6) is 2.12. The molecule has 1 aromatic carbocycles. The fourth-order valence-electron chi connectivity index (χ4n) is 0.760. The molecule has 0 amide bonds. The number of rotatable bonds is 4. The van der Waals surface area contributed by atoms with E-state index >= 15 is 0 Å². The van der Waals surface area contributed by atoms with E-state index in [1.807, 2.05) is 0 Å².